The van der Waals surface area contributed by atoms with Gasteiger partial charge in [-0.1, -0.05) is 44.5 Å². The van der Waals surface area contributed by atoms with Crippen LogP contribution in [0.15, 0.2) is 24.3 Å². The van der Waals surface area contributed by atoms with Crippen LogP contribution in [-0.2, 0) is 16.6 Å². The average molecular weight is 233 g/mol. The molecular weight excluding hydrogens is 210 g/mol. The fourth-order valence-electron chi connectivity index (χ4n) is 2.40. The molecule has 1 aromatic carbocycles. The van der Waals surface area contributed by atoms with Gasteiger partial charge >= 0.3 is 0 Å². The van der Waals surface area contributed by atoms with Crippen molar-refractivity contribution in [2.24, 2.45) is 0 Å². The molecule has 0 bridgehead atoms. The van der Waals surface area contributed by atoms with E-state index < -0.39 is 0 Å². The first kappa shape index (κ1) is 12.6. The third-order valence-electron chi connectivity index (χ3n) is 3.58. The second kappa shape index (κ2) is 5.65. The van der Waals surface area contributed by atoms with Gasteiger partial charge in [0.15, 0.2) is 0 Å². The average Bonchev–Trinajstić information content (AvgIpc) is 2.30. The van der Waals surface area contributed by atoms with Crippen LogP contribution in [-0.4, -0.2) is 26.3 Å². The summed E-state index contributed by atoms with van der Waals surface area (Å²) in [5.41, 5.74) is 3.08. The van der Waals surface area contributed by atoms with E-state index in [0.29, 0.717) is 0 Å². The predicted octanol–water partition coefficient (Wildman–Crippen LogP) is 2.52. The molecule has 0 saturated carbocycles. The van der Waals surface area contributed by atoms with Crippen LogP contribution in [0.2, 0.25) is 0 Å². The molecule has 17 heavy (non-hydrogen) atoms. The van der Waals surface area contributed by atoms with Gasteiger partial charge in [-0.15, -0.1) is 0 Å². The molecule has 2 heteroatoms. The van der Waals surface area contributed by atoms with Crippen molar-refractivity contribution in [3.8, 4) is 0 Å². The van der Waals surface area contributed by atoms with Gasteiger partial charge in [0, 0.05) is 6.54 Å². The number of nitrogens with one attached hydrogen (secondary N) is 1. The highest BCUT2D eigenvalue weighted by Crippen LogP contribution is 2.32. The minimum atomic E-state index is 0.223. The molecule has 1 aliphatic rings. The summed E-state index contributed by atoms with van der Waals surface area (Å²) in [5.74, 6) is 0. The van der Waals surface area contributed by atoms with E-state index in [4.69, 9.17) is 4.74 Å². The molecule has 2 rings (SSSR count). The summed E-state index contributed by atoms with van der Waals surface area (Å²) in [5, 5.41) is 3.45. The van der Waals surface area contributed by atoms with E-state index >= 15 is 0 Å². The van der Waals surface area contributed by atoms with Crippen molar-refractivity contribution in [2.75, 3.05) is 26.3 Å². The zero-order valence-corrected chi connectivity index (χ0v) is 11.0. The lowest BCUT2D eigenvalue weighted by Crippen LogP contribution is -2.53. The Balaban J connectivity index is 2.08. The quantitative estimate of drug-likeness (QED) is 0.815. The van der Waals surface area contributed by atoms with Crippen LogP contribution < -0.4 is 5.32 Å². The highest BCUT2D eigenvalue weighted by atomic mass is 16.5. The van der Waals surface area contributed by atoms with Crippen molar-refractivity contribution in [1.82, 2.24) is 5.32 Å². The van der Waals surface area contributed by atoms with Crippen molar-refractivity contribution < 1.29 is 4.74 Å². The summed E-state index contributed by atoms with van der Waals surface area (Å²) in [7, 11) is 0. The molecule has 1 N–H and O–H groups in total. The maximum atomic E-state index is 5.43. The van der Waals surface area contributed by atoms with E-state index in [2.05, 4.69) is 43.4 Å². The van der Waals surface area contributed by atoms with Crippen molar-refractivity contribution in [3.63, 3.8) is 0 Å². The summed E-state index contributed by atoms with van der Waals surface area (Å²) in [6.45, 7) is 8.13. The summed E-state index contributed by atoms with van der Waals surface area (Å²) in [4.78, 5) is 0. The number of benzene rings is 1. The Bertz CT molecular complexity index is 340. The van der Waals surface area contributed by atoms with Crippen molar-refractivity contribution in [3.05, 3.63) is 35.4 Å². The molecule has 1 fully saturated rings. The molecule has 0 unspecified atom stereocenters. The van der Waals surface area contributed by atoms with E-state index in [1.807, 2.05) is 0 Å². The molecule has 1 saturated heterocycles. The lowest BCUT2D eigenvalue weighted by Gasteiger charge is -2.42. The molecule has 1 heterocycles. The summed E-state index contributed by atoms with van der Waals surface area (Å²) >= 11 is 0. The van der Waals surface area contributed by atoms with Gasteiger partial charge in [0.25, 0.3) is 0 Å². The second-order valence-corrected chi connectivity index (χ2v) is 5.00. The van der Waals surface area contributed by atoms with Gasteiger partial charge in [0.2, 0.25) is 0 Å². The normalized spacial score (nSPS) is 17.8. The van der Waals surface area contributed by atoms with Crippen molar-refractivity contribution in [2.45, 2.75) is 32.1 Å². The highest BCUT2D eigenvalue weighted by Gasteiger charge is 2.39. The molecule has 0 radical (unpaired) electrons. The van der Waals surface area contributed by atoms with Gasteiger partial charge in [-0.3, -0.25) is 0 Å². The molecular formula is C15H23NO. The van der Waals surface area contributed by atoms with E-state index in [0.717, 1.165) is 26.3 Å². The maximum Gasteiger partial charge on any atom is 0.0598 e. The summed E-state index contributed by atoms with van der Waals surface area (Å²) in [6, 6.07) is 9.10. The van der Waals surface area contributed by atoms with Gasteiger partial charge in [-0.25, -0.2) is 0 Å². The van der Waals surface area contributed by atoms with E-state index in [1.54, 1.807) is 0 Å². The fraction of sp³-hybridized carbons (Fsp3) is 0.600. The predicted molar refractivity (Wildman–Crippen MR) is 71.5 cm³/mol. The monoisotopic (exact) mass is 233 g/mol. The highest BCUT2D eigenvalue weighted by molar-refractivity contribution is 5.32. The zero-order chi connectivity index (χ0) is 12.1. The Kier molecular flexibility index (Phi) is 4.19. The maximum absolute atomic E-state index is 5.43. The topological polar surface area (TPSA) is 21.3 Å². The van der Waals surface area contributed by atoms with Crippen molar-refractivity contribution >= 4 is 0 Å². The molecule has 1 aromatic rings. The SMILES string of the molecule is CCCc1ccc(C2(CNCC)COC2)cc1. The minimum Gasteiger partial charge on any atom is -0.379 e. The smallest absolute Gasteiger partial charge is 0.0598 e. The molecule has 94 valence electrons. The van der Waals surface area contributed by atoms with E-state index in [9.17, 15) is 0 Å². The van der Waals surface area contributed by atoms with Gasteiger partial charge < -0.3 is 10.1 Å². The zero-order valence-electron chi connectivity index (χ0n) is 11.0. The Morgan fingerprint density at radius 3 is 2.35 bits per heavy atom. The molecule has 0 spiro atoms. The Morgan fingerprint density at radius 1 is 1.18 bits per heavy atom. The number of hydrogen-bond donors (Lipinski definition) is 1. The first-order valence-corrected chi connectivity index (χ1v) is 6.68. The van der Waals surface area contributed by atoms with Gasteiger partial charge in [0.05, 0.1) is 18.6 Å². The standard InChI is InChI=1S/C15H23NO/c1-3-5-13-6-8-14(9-7-13)15(10-16-4-2)11-17-12-15/h6-9,16H,3-5,10-12H2,1-2H3. The van der Waals surface area contributed by atoms with Gasteiger partial charge in [-0.2, -0.15) is 0 Å². The van der Waals surface area contributed by atoms with Gasteiger partial charge in [0.1, 0.15) is 0 Å². The summed E-state index contributed by atoms with van der Waals surface area (Å²) in [6.07, 6.45) is 2.39. The molecule has 0 amide bonds. The third kappa shape index (κ3) is 2.70. The second-order valence-electron chi connectivity index (χ2n) is 5.00. The molecule has 0 atom stereocenters. The Morgan fingerprint density at radius 2 is 1.88 bits per heavy atom. The lowest BCUT2D eigenvalue weighted by atomic mass is 9.78. The lowest BCUT2D eigenvalue weighted by molar-refractivity contribution is -0.0588. The fourth-order valence-corrected chi connectivity index (χ4v) is 2.40. The Labute approximate surface area is 104 Å². The number of rotatable bonds is 6. The summed E-state index contributed by atoms with van der Waals surface area (Å²) < 4.78 is 5.43. The van der Waals surface area contributed by atoms with E-state index in [-0.39, 0.29) is 5.41 Å². The molecule has 1 aliphatic heterocycles. The molecule has 0 aliphatic carbocycles. The van der Waals surface area contributed by atoms with Crippen molar-refractivity contribution in [1.29, 1.82) is 0 Å². The molecule has 0 aromatic heterocycles. The first-order chi connectivity index (χ1) is 8.30. The van der Waals surface area contributed by atoms with Crippen LogP contribution in [0, 0.1) is 0 Å². The van der Waals surface area contributed by atoms with Crippen LogP contribution in [0.25, 0.3) is 0 Å². The van der Waals surface area contributed by atoms with E-state index in [1.165, 1.54) is 24.0 Å². The largest absolute Gasteiger partial charge is 0.379 e. The van der Waals surface area contributed by atoms with Crippen LogP contribution in [0.4, 0.5) is 0 Å². The number of ether oxygens (including phenoxy) is 1. The number of aryl methyl sites for hydroxylation is 1. The first-order valence-electron chi connectivity index (χ1n) is 6.68. The molecule has 2 nitrogen and oxygen atoms in total. The van der Waals surface area contributed by atoms with Crippen LogP contribution in [0.3, 0.4) is 0 Å². The van der Waals surface area contributed by atoms with Gasteiger partial charge in [-0.05, 0) is 24.1 Å². The third-order valence-corrected chi connectivity index (χ3v) is 3.58. The number of hydrogen-bond acceptors (Lipinski definition) is 2. The minimum absolute atomic E-state index is 0.223. The Hall–Kier alpha value is -0.860. The van der Waals surface area contributed by atoms with Crippen LogP contribution in [0.1, 0.15) is 31.4 Å². The van der Waals surface area contributed by atoms with Crippen LogP contribution >= 0.6 is 0 Å². The number of likely N-dealkylation sites (N-methyl/N-ethyl adjacent to an activating group) is 1. The van der Waals surface area contributed by atoms with Crippen LogP contribution in [0.5, 0.6) is 0 Å².